The second-order valence-electron chi connectivity index (χ2n) is 4.10. The lowest BCUT2D eigenvalue weighted by Crippen LogP contribution is -2.49. The third kappa shape index (κ3) is 3.05. The lowest BCUT2D eigenvalue weighted by Gasteiger charge is -2.31. The molecule has 1 aromatic carbocycles. The number of carbonyl (C=O) groups excluding carboxylic acids is 1. The van der Waals surface area contributed by atoms with E-state index in [-0.39, 0.29) is 12.5 Å². The quantitative estimate of drug-likeness (QED) is 0.824. The zero-order valence-electron chi connectivity index (χ0n) is 9.71. The maximum absolute atomic E-state index is 11.8. The summed E-state index contributed by atoms with van der Waals surface area (Å²) in [5.74, 6) is -0.102. The first-order valence-electron chi connectivity index (χ1n) is 5.86. The van der Waals surface area contributed by atoms with Gasteiger partial charge in [-0.3, -0.25) is 4.79 Å². The van der Waals surface area contributed by atoms with Crippen LogP contribution in [-0.4, -0.2) is 48.3 Å². The van der Waals surface area contributed by atoms with Gasteiger partial charge in [0.25, 0.3) is 5.91 Å². The van der Waals surface area contributed by atoms with Gasteiger partial charge in [0.05, 0.1) is 13.2 Å². The van der Waals surface area contributed by atoms with Crippen molar-refractivity contribution in [3.63, 3.8) is 0 Å². The molecule has 1 unspecified atom stereocenters. The first-order chi connectivity index (χ1) is 8.31. The molecule has 0 bridgehead atoms. The van der Waals surface area contributed by atoms with E-state index < -0.39 is 6.10 Å². The smallest absolute Gasteiger partial charge is 0.254 e. The summed E-state index contributed by atoms with van der Waals surface area (Å²) < 4.78 is 5.18. The Bertz CT molecular complexity index is 366. The highest BCUT2D eigenvalue weighted by molar-refractivity contribution is 5.81. The zero-order chi connectivity index (χ0) is 12.1. The Morgan fingerprint density at radius 3 is 2.82 bits per heavy atom. The van der Waals surface area contributed by atoms with Crippen LogP contribution in [-0.2, 0) is 16.0 Å². The van der Waals surface area contributed by atoms with Gasteiger partial charge in [-0.1, -0.05) is 30.3 Å². The largest absolute Gasteiger partial charge is 0.393 e. The highest BCUT2D eigenvalue weighted by Crippen LogP contribution is 2.08. The van der Waals surface area contributed by atoms with Crippen molar-refractivity contribution in [2.75, 3.05) is 26.3 Å². The van der Waals surface area contributed by atoms with Crippen LogP contribution < -0.4 is 0 Å². The van der Waals surface area contributed by atoms with Crippen molar-refractivity contribution >= 4 is 5.91 Å². The SMILES string of the molecule is O=C1C(CO)OCCN1CCc1ccccc1. The molecule has 0 aromatic heterocycles. The fourth-order valence-electron chi connectivity index (χ4n) is 1.95. The molecule has 1 heterocycles. The highest BCUT2D eigenvalue weighted by Gasteiger charge is 2.28. The Hall–Kier alpha value is -1.39. The van der Waals surface area contributed by atoms with Gasteiger partial charge in [-0.15, -0.1) is 0 Å². The zero-order valence-corrected chi connectivity index (χ0v) is 9.71. The molecule has 1 amide bonds. The molecule has 1 aliphatic heterocycles. The molecule has 2 rings (SSSR count). The Morgan fingerprint density at radius 2 is 2.12 bits per heavy atom. The molecule has 1 N–H and O–H groups in total. The maximum Gasteiger partial charge on any atom is 0.254 e. The van der Waals surface area contributed by atoms with Crippen molar-refractivity contribution in [3.05, 3.63) is 35.9 Å². The minimum atomic E-state index is -0.667. The molecule has 4 nitrogen and oxygen atoms in total. The van der Waals surface area contributed by atoms with Gasteiger partial charge in [-0.25, -0.2) is 0 Å². The van der Waals surface area contributed by atoms with Gasteiger partial charge in [0.15, 0.2) is 6.10 Å². The van der Waals surface area contributed by atoms with Gasteiger partial charge < -0.3 is 14.7 Å². The normalized spacial score (nSPS) is 20.6. The highest BCUT2D eigenvalue weighted by atomic mass is 16.5. The van der Waals surface area contributed by atoms with Gasteiger partial charge in [-0.05, 0) is 12.0 Å². The van der Waals surface area contributed by atoms with Crippen LogP contribution in [0.2, 0.25) is 0 Å². The number of hydrogen-bond acceptors (Lipinski definition) is 3. The third-order valence-electron chi connectivity index (χ3n) is 2.95. The van der Waals surface area contributed by atoms with E-state index in [1.165, 1.54) is 5.56 Å². The molecule has 1 aromatic rings. The summed E-state index contributed by atoms with van der Waals surface area (Å²) in [6.07, 6.45) is 0.171. The summed E-state index contributed by atoms with van der Waals surface area (Å²) in [6.45, 7) is 1.57. The molecule has 0 spiro atoms. The lowest BCUT2D eigenvalue weighted by molar-refractivity contribution is -0.155. The van der Waals surface area contributed by atoms with E-state index in [0.29, 0.717) is 19.7 Å². The topological polar surface area (TPSA) is 49.8 Å². The Balaban J connectivity index is 1.88. The molecule has 1 atom stereocenters. The van der Waals surface area contributed by atoms with Crippen molar-refractivity contribution in [1.82, 2.24) is 4.90 Å². The van der Waals surface area contributed by atoms with E-state index in [2.05, 4.69) is 12.1 Å². The van der Waals surface area contributed by atoms with Crippen LogP contribution in [0.1, 0.15) is 5.56 Å². The Morgan fingerprint density at radius 1 is 1.35 bits per heavy atom. The minimum Gasteiger partial charge on any atom is -0.393 e. The predicted octanol–water partition coefficient (Wildman–Crippen LogP) is 0.449. The maximum atomic E-state index is 11.8. The fourth-order valence-corrected chi connectivity index (χ4v) is 1.95. The molecular formula is C13H17NO3. The van der Waals surface area contributed by atoms with Crippen LogP contribution in [0.15, 0.2) is 30.3 Å². The van der Waals surface area contributed by atoms with Crippen molar-refractivity contribution < 1.29 is 14.6 Å². The molecule has 1 fully saturated rings. The lowest BCUT2D eigenvalue weighted by atomic mass is 10.1. The van der Waals surface area contributed by atoms with E-state index in [0.717, 1.165) is 6.42 Å². The molecule has 1 aliphatic rings. The Labute approximate surface area is 101 Å². The molecule has 0 radical (unpaired) electrons. The van der Waals surface area contributed by atoms with Crippen LogP contribution in [0.25, 0.3) is 0 Å². The van der Waals surface area contributed by atoms with Crippen molar-refractivity contribution in [2.24, 2.45) is 0 Å². The summed E-state index contributed by atoms with van der Waals surface area (Å²) in [7, 11) is 0. The second-order valence-corrected chi connectivity index (χ2v) is 4.10. The Kier molecular flexibility index (Phi) is 4.12. The number of ether oxygens (including phenoxy) is 1. The van der Waals surface area contributed by atoms with Crippen LogP contribution in [0.4, 0.5) is 0 Å². The van der Waals surface area contributed by atoms with E-state index in [9.17, 15) is 4.79 Å². The summed E-state index contributed by atoms with van der Waals surface area (Å²) >= 11 is 0. The first-order valence-corrected chi connectivity index (χ1v) is 5.86. The van der Waals surface area contributed by atoms with E-state index in [1.807, 2.05) is 18.2 Å². The van der Waals surface area contributed by atoms with Crippen LogP contribution in [0.5, 0.6) is 0 Å². The second kappa shape index (κ2) is 5.80. The number of nitrogens with zero attached hydrogens (tertiary/aromatic N) is 1. The molecular weight excluding hydrogens is 218 g/mol. The van der Waals surface area contributed by atoms with Gasteiger partial charge >= 0.3 is 0 Å². The summed E-state index contributed by atoms with van der Waals surface area (Å²) in [5.41, 5.74) is 1.22. The minimum absolute atomic E-state index is 0.102. The van der Waals surface area contributed by atoms with Crippen molar-refractivity contribution in [1.29, 1.82) is 0 Å². The number of hydrogen-bond donors (Lipinski definition) is 1. The van der Waals surface area contributed by atoms with Gasteiger partial charge in [-0.2, -0.15) is 0 Å². The predicted molar refractivity (Wildman–Crippen MR) is 63.6 cm³/mol. The number of morpholine rings is 1. The van der Waals surface area contributed by atoms with Gasteiger partial charge in [0.1, 0.15) is 0 Å². The third-order valence-corrected chi connectivity index (χ3v) is 2.95. The van der Waals surface area contributed by atoms with Crippen LogP contribution in [0, 0.1) is 0 Å². The first kappa shape index (κ1) is 12.1. The number of rotatable bonds is 4. The van der Waals surface area contributed by atoms with E-state index >= 15 is 0 Å². The number of carbonyl (C=O) groups is 1. The molecule has 92 valence electrons. The fraction of sp³-hybridized carbons (Fsp3) is 0.462. The van der Waals surface area contributed by atoms with Gasteiger partial charge in [0, 0.05) is 13.1 Å². The van der Waals surface area contributed by atoms with E-state index in [1.54, 1.807) is 4.90 Å². The number of amides is 1. The summed E-state index contributed by atoms with van der Waals surface area (Å²) in [6, 6.07) is 10.1. The monoisotopic (exact) mass is 235 g/mol. The summed E-state index contributed by atoms with van der Waals surface area (Å²) in [4.78, 5) is 13.6. The molecule has 0 saturated carbocycles. The van der Waals surface area contributed by atoms with E-state index in [4.69, 9.17) is 9.84 Å². The number of aliphatic hydroxyl groups excluding tert-OH is 1. The molecule has 4 heteroatoms. The van der Waals surface area contributed by atoms with Gasteiger partial charge in [0.2, 0.25) is 0 Å². The van der Waals surface area contributed by atoms with Crippen molar-refractivity contribution in [3.8, 4) is 0 Å². The molecule has 17 heavy (non-hydrogen) atoms. The average Bonchev–Trinajstić information content (AvgIpc) is 2.39. The van der Waals surface area contributed by atoms with Crippen LogP contribution in [0.3, 0.4) is 0 Å². The van der Waals surface area contributed by atoms with Crippen molar-refractivity contribution in [2.45, 2.75) is 12.5 Å². The summed E-state index contributed by atoms with van der Waals surface area (Å²) in [5, 5.41) is 8.99. The molecule has 1 saturated heterocycles. The number of benzene rings is 1. The number of aliphatic hydroxyl groups is 1. The average molecular weight is 235 g/mol. The van der Waals surface area contributed by atoms with Crippen LogP contribution >= 0.6 is 0 Å². The standard InChI is InChI=1S/C13H17NO3/c15-10-12-13(16)14(8-9-17-12)7-6-11-4-2-1-3-5-11/h1-5,12,15H,6-10H2. The molecule has 0 aliphatic carbocycles.